The predicted octanol–water partition coefficient (Wildman–Crippen LogP) is 0.396. The third-order valence-electron chi connectivity index (χ3n) is 1.85. The van der Waals surface area contributed by atoms with Gasteiger partial charge >= 0.3 is 5.97 Å². The van der Waals surface area contributed by atoms with Crippen molar-refractivity contribution in [3.05, 3.63) is 16.7 Å². The van der Waals surface area contributed by atoms with Crippen LogP contribution >= 0.6 is 11.8 Å². The van der Waals surface area contributed by atoms with Gasteiger partial charge in [0.2, 0.25) is 0 Å². The Balaban J connectivity index is 2.70. The maximum atomic E-state index is 11.2. The first kappa shape index (κ1) is 12.6. The van der Waals surface area contributed by atoms with Crippen LogP contribution in [0.4, 0.5) is 5.69 Å². The second-order valence-electron chi connectivity index (χ2n) is 3.16. The van der Waals surface area contributed by atoms with E-state index < -0.39 is 0 Å². The fraction of sp³-hybridized carbons (Fsp3) is 0.444. The zero-order valence-electron chi connectivity index (χ0n) is 9.02. The second kappa shape index (κ2) is 5.55. The first-order valence-electron chi connectivity index (χ1n) is 4.61. The molecule has 0 amide bonds. The van der Waals surface area contributed by atoms with Crippen molar-refractivity contribution in [3.8, 4) is 0 Å². The summed E-state index contributed by atoms with van der Waals surface area (Å²) in [5.74, 6) is -0.302. The van der Waals surface area contributed by atoms with Gasteiger partial charge in [0.1, 0.15) is 10.7 Å². The van der Waals surface area contributed by atoms with Gasteiger partial charge in [-0.2, -0.15) is 0 Å². The van der Waals surface area contributed by atoms with Crippen molar-refractivity contribution in [1.29, 1.82) is 0 Å². The topological polar surface area (TPSA) is 98.1 Å². The van der Waals surface area contributed by atoms with E-state index in [1.807, 2.05) is 6.92 Å². The van der Waals surface area contributed by atoms with Crippen molar-refractivity contribution in [1.82, 2.24) is 9.97 Å². The number of methoxy groups -OCH3 is 1. The molecule has 0 spiro atoms. The monoisotopic (exact) mass is 243 g/mol. The summed E-state index contributed by atoms with van der Waals surface area (Å²) < 4.78 is 4.54. The Kier molecular flexibility index (Phi) is 4.36. The van der Waals surface area contributed by atoms with Crippen LogP contribution in [0.25, 0.3) is 0 Å². The van der Waals surface area contributed by atoms with E-state index in [-0.39, 0.29) is 28.9 Å². The lowest BCUT2D eigenvalue weighted by Gasteiger charge is -2.09. The van der Waals surface area contributed by atoms with E-state index in [4.69, 9.17) is 5.73 Å². The molecule has 1 aromatic rings. The normalized spacial score (nSPS) is 12.1. The van der Waals surface area contributed by atoms with Gasteiger partial charge < -0.3 is 15.5 Å². The molecule has 0 bridgehead atoms. The van der Waals surface area contributed by atoms with Crippen molar-refractivity contribution in [2.45, 2.75) is 23.6 Å². The molecule has 0 aromatic carbocycles. The summed E-state index contributed by atoms with van der Waals surface area (Å²) in [5, 5.41) is 0.379. The molecular formula is C9H13N3O3S. The summed E-state index contributed by atoms with van der Waals surface area (Å²) in [6, 6.07) is 0. The summed E-state index contributed by atoms with van der Waals surface area (Å²) in [6.45, 7) is 1.84. The van der Waals surface area contributed by atoms with Gasteiger partial charge in [-0.25, -0.2) is 4.98 Å². The number of rotatable bonds is 4. The molecule has 88 valence electrons. The summed E-state index contributed by atoms with van der Waals surface area (Å²) >= 11 is 1.27. The van der Waals surface area contributed by atoms with Gasteiger partial charge in [0.05, 0.1) is 19.9 Å². The van der Waals surface area contributed by atoms with Crippen LogP contribution in [0.1, 0.15) is 13.3 Å². The first-order valence-corrected chi connectivity index (χ1v) is 5.49. The third-order valence-corrected chi connectivity index (χ3v) is 2.96. The lowest BCUT2D eigenvalue weighted by Crippen LogP contribution is -2.15. The second-order valence-corrected chi connectivity index (χ2v) is 4.59. The number of thioether (sulfide) groups is 1. The fourth-order valence-electron chi connectivity index (χ4n) is 1.04. The minimum Gasteiger partial charge on any atom is -0.469 e. The highest BCUT2D eigenvalue weighted by molar-refractivity contribution is 8.00. The maximum Gasteiger partial charge on any atom is 0.306 e. The van der Waals surface area contributed by atoms with Crippen LogP contribution in [0.3, 0.4) is 0 Å². The molecule has 0 aliphatic heterocycles. The average molecular weight is 243 g/mol. The van der Waals surface area contributed by atoms with Crippen LogP contribution in [0.2, 0.25) is 0 Å². The van der Waals surface area contributed by atoms with E-state index in [2.05, 4.69) is 14.7 Å². The molecule has 0 saturated carbocycles. The largest absolute Gasteiger partial charge is 0.469 e. The van der Waals surface area contributed by atoms with Gasteiger partial charge in [0, 0.05) is 5.25 Å². The molecule has 16 heavy (non-hydrogen) atoms. The molecule has 0 aliphatic rings. The highest BCUT2D eigenvalue weighted by Crippen LogP contribution is 2.25. The van der Waals surface area contributed by atoms with Crippen molar-refractivity contribution in [2.75, 3.05) is 12.8 Å². The summed E-state index contributed by atoms with van der Waals surface area (Å²) in [7, 11) is 1.33. The zero-order chi connectivity index (χ0) is 12.1. The van der Waals surface area contributed by atoms with E-state index in [1.54, 1.807) is 0 Å². The SMILES string of the molecule is COC(=O)CC(C)Sc1nc[nH]c(=O)c1N. The molecule has 3 N–H and O–H groups in total. The lowest BCUT2D eigenvalue weighted by molar-refractivity contribution is -0.140. The minimum atomic E-state index is -0.372. The Labute approximate surface area is 96.6 Å². The number of hydrogen-bond donors (Lipinski definition) is 2. The van der Waals surface area contributed by atoms with E-state index in [0.717, 1.165) is 0 Å². The Morgan fingerprint density at radius 3 is 3.06 bits per heavy atom. The Morgan fingerprint density at radius 1 is 1.75 bits per heavy atom. The third kappa shape index (κ3) is 3.27. The number of H-pyrrole nitrogens is 1. The summed E-state index contributed by atoms with van der Waals surface area (Å²) in [4.78, 5) is 28.5. The quantitative estimate of drug-likeness (QED) is 0.451. The standard InChI is InChI=1S/C9H13N3O3S/c1-5(3-6(13)15-2)16-9-7(10)8(14)11-4-12-9/h4-5H,3,10H2,1-2H3,(H,11,12,14). The van der Waals surface area contributed by atoms with E-state index in [9.17, 15) is 9.59 Å². The first-order chi connectivity index (χ1) is 7.54. The molecule has 1 unspecified atom stereocenters. The van der Waals surface area contributed by atoms with Crippen LogP contribution in [0, 0.1) is 0 Å². The lowest BCUT2D eigenvalue weighted by atomic mass is 10.3. The van der Waals surface area contributed by atoms with E-state index >= 15 is 0 Å². The number of nitrogens with one attached hydrogen (secondary N) is 1. The smallest absolute Gasteiger partial charge is 0.306 e. The summed E-state index contributed by atoms with van der Waals surface area (Å²) in [6.07, 6.45) is 1.53. The summed E-state index contributed by atoms with van der Waals surface area (Å²) in [5.41, 5.74) is 5.25. The van der Waals surface area contributed by atoms with Crippen molar-refractivity contribution < 1.29 is 9.53 Å². The Bertz CT molecular complexity index is 432. The highest BCUT2D eigenvalue weighted by atomic mass is 32.2. The molecular weight excluding hydrogens is 230 g/mol. The maximum absolute atomic E-state index is 11.2. The minimum absolute atomic E-state index is 0.0518. The number of carbonyl (C=O) groups is 1. The Hall–Kier alpha value is -1.50. The van der Waals surface area contributed by atoms with Gasteiger partial charge in [-0.1, -0.05) is 6.92 Å². The van der Waals surface area contributed by atoms with Gasteiger partial charge in [0.25, 0.3) is 5.56 Å². The van der Waals surface area contributed by atoms with Gasteiger partial charge in [0.15, 0.2) is 0 Å². The fourth-order valence-corrected chi connectivity index (χ4v) is 1.97. The van der Waals surface area contributed by atoms with Crippen LogP contribution in [0.15, 0.2) is 16.1 Å². The van der Waals surface area contributed by atoms with Crippen LogP contribution in [-0.2, 0) is 9.53 Å². The van der Waals surface area contributed by atoms with Crippen LogP contribution in [-0.4, -0.2) is 28.3 Å². The van der Waals surface area contributed by atoms with Gasteiger partial charge in [-0.3, -0.25) is 9.59 Å². The predicted molar refractivity (Wildman–Crippen MR) is 61.2 cm³/mol. The average Bonchev–Trinajstić information content (AvgIpc) is 2.24. The number of ether oxygens (including phenoxy) is 1. The molecule has 7 heteroatoms. The van der Waals surface area contributed by atoms with Crippen molar-refractivity contribution >= 4 is 23.4 Å². The molecule has 1 aromatic heterocycles. The molecule has 1 rings (SSSR count). The molecule has 0 fully saturated rings. The number of nitrogens with two attached hydrogens (primary N) is 1. The number of anilines is 1. The number of nitrogens with zero attached hydrogens (tertiary/aromatic N) is 1. The van der Waals surface area contributed by atoms with Crippen molar-refractivity contribution in [2.24, 2.45) is 0 Å². The molecule has 1 atom stereocenters. The van der Waals surface area contributed by atoms with E-state index in [1.165, 1.54) is 25.2 Å². The molecule has 6 nitrogen and oxygen atoms in total. The number of esters is 1. The number of carbonyl (C=O) groups excluding carboxylic acids is 1. The zero-order valence-corrected chi connectivity index (χ0v) is 9.84. The van der Waals surface area contributed by atoms with Gasteiger partial charge in [-0.15, -0.1) is 11.8 Å². The highest BCUT2D eigenvalue weighted by Gasteiger charge is 2.14. The number of aromatic amines is 1. The molecule has 1 heterocycles. The van der Waals surface area contributed by atoms with Crippen molar-refractivity contribution in [3.63, 3.8) is 0 Å². The van der Waals surface area contributed by atoms with E-state index in [0.29, 0.717) is 5.03 Å². The van der Waals surface area contributed by atoms with Gasteiger partial charge in [-0.05, 0) is 0 Å². The molecule has 0 radical (unpaired) electrons. The molecule has 0 aliphatic carbocycles. The number of aromatic nitrogens is 2. The van der Waals surface area contributed by atoms with Crippen LogP contribution in [0.5, 0.6) is 0 Å². The molecule has 0 saturated heterocycles. The van der Waals surface area contributed by atoms with Crippen LogP contribution < -0.4 is 11.3 Å². The Morgan fingerprint density at radius 2 is 2.44 bits per heavy atom. The number of nitrogen functional groups attached to an aromatic ring is 1. The number of hydrogen-bond acceptors (Lipinski definition) is 6.